The van der Waals surface area contributed by atoms with E-state index in [1.165, 1.54) is 18.2 Å². The average Bonchev–Trinajstić information content (AvgIpc) is 3.46. The third-order valence-corrected chi connectivity index (χ3v) is 6.94. The minimum atomic E-state index is -1.51. The molecule has 2 aromatic carbocycles. The molecule has 198 valence electrons. The maximum Gasteiger partial charge on any atom is 0.262 e. The van der Waals surface area contributed by atoms with Crippen molar-refractivity contribution in [2.75, 3.05) is 10.6 Å². The Kier molecular flexibility index (Phi) is 7.55. The Labute approximate surface area is 226 Å². The van der Waals surface area contributed by atoms with Gasteiger partial charge in [-0.25, -0.2) is 4.39 Å². The third-order valence-electron chi connectivity index (χ3n) is 5.91. The Bertz CT molecular complexity index is 1650. The number of ketones is 1. The van der Waals surface area contributed by atoms with Gasteiger partial charge in [-0.2, -0.15) is 10.4 Å². The maximum absolute atomic E-state index is 14.3. The topological polar surface area (TPSA) is 157 Å². The first kappa shape index (κ1) is 27.2. The van der Waals surface area contributed by atoms with Crippen molar-refractivity contribution in [2.45, 2.75) is 26.3 Å². The molecule has 4 N–H and O–H groups in total. The lowest BCUT2D eigenvalue weighted by molar-refractivity contribution is -0.127. The molecule has 0 aliphatic rings. The number of aromatic nitrogens is 2. The number of halogens is 1. The minimum Gasteiger partial charge on any atom is -0.342 e. The van der Waals surface area contributed by atoms with Gasteiger partial charge < -0.3 is 16.0 Å². The molecule has 1 unspecified atom stereocenters. The van der Waals surface area contributed by atoms with E-state index in [0.717, 1.165) is 18.3 Å². The molecular weight excluding hydrogens is 523 g/mol. The molecule has 0 saturated heterocycles. The summed E-state index contributed by atoms with van der Waals surface area (Å²) in [5.74, 6) is -4.23. The second-order valence-corrected chi connectivity index (χ2v) is 10.2. The van der Waals surface area contributed by atoms with Crippen LogP contribution in [-0.4, -0.2) is 33.7 Å². The normalized spacial score (nSPS) is 11.9. The first-order valence-electron chi connectivity index (χ1n) is 11.7. The number of nitriles is 1. The summed E-state index contributed by atoms with van der Waals surface area (Å²) in [4.78, 5) is 50.8. The van der Waals surface area contributed by atoms with E-state index in [1.54, 1.807) is 56.3 Å². The Balaban J connectivity index is 1.53. The summed E-state index contributed by atoms with van der Waals surface area (Å²) in [5.41, 5.74) is -0.469. The van der Waals surface area contributed by atoms with Crippen LogP contribution >= 0.6 is 11.3 Å². The fourth-order valence-electron chi connectivity index (χ4n) is 3.91. The molecule has 12 heteroatoms. The molecular formula is C27H23FN6O4S. The molecule has 0 saturated carbocycles. The van der Waals surface area contributed by atoms with Gasteiger partial charge in [0.1, 0.15) is 16.5 Å². The predicted octanol–water partition coefficient (Wildman–Crippen LogP) is 4.35. The lowest BCUT2D eigenvalue weighted by Crippen LogP contribution is -2.41. The highest BCUT2D eigenvalue weighted by molar-refractivity contribution is 7.20. The van der Waals surface area contributed by atoms with Gasteiger partial charge in [-0.3, -0.25) is 24.3 Å². The number of hydrogen-bond donors (Lipinski definition) is 4. The number of anilines is 2. The zero-order valence-corrected chi connectivity index (χ0v) is 21.9. The Morgan fingerprint density at radius 2 is 1.74 bits per heavy atom. The number of Topliss-reactive ketones (excluding diaryl/α,β-unsaturated/α-hetero) is 1. The molecule has 4 rings (SSSR count). The lowest BCUT2D eigenvalue weighted by atomic mass is 9.93. The van der Waals surface area contributed by atoms with Crippen LogP contribution < -0.4 is 16.0 Å². The lowest BCUT2D eigenvalue weighted by Gasteiger charge is -2.27. The van der Waals surface area contributed by atoms with Gasteiger partial charge in [0.15, 0.2) is 11.7 Å². The maximum atomic E-state index is 14.3. The van der Waals surface area contributed by atoms with E-state index < -0.39 is 40.8 Å². The molecule has 0 bridgehead atoms. The number of fused-ring (bicyclic) bond motifs is 1. The van der Waals surface area contributed by atoms with Gasteiger partial charge in [0.05, 0.1) is 33.1 Å². The van der Waals surface area contributed by atoms with E-state index in [0.29, 0.717) is 20.7 Å². The first-order valence-corrected chi connectivity index (χ1v) is 12.5. The standard InChI is InChI=1S/C27H23FN6O4S/c1-14(35)17(13-29)24(37)30-20-11-7-4-8-15(20)23(36)31-22-16-12-21(39-26(16)34-33-22)25(38)32-27(2,3)18-9-5-6-10-19(18)28/h4-12,17H,1-3H3,(H,30,37)(H,32,38)(H2,31,33,34,36). The predicted molar refractivity (Wildman–Crippen MR) is 144 cm³/mol. The third kappa shape index (κ3) is 5.68. The van der Waals surface area contributed by atoms with Crippen LogP contribution in [0.1, 0.15) is 46.4 Å². The number of amides is 3. The van der Waals surface area contributed by atoms with E-state index >= 15 is 0 Å². The van der Waals surface area contributed by atoms with Gasteiger partial charge in [0.25, 0.3) is 11.8 Å². The number of rotatable bonds is 8. The summed E-state index contributed by atoms with van der Waals surface area (Å²) < 4.78 is 14.3. The van der Waals surface area contributed by atoms with E-state index in [4.69, 9.17) is 5.26 Å². The van der Waals surface area contributed by atoms with E-state index in [-0.39, 0.29) is 17.1 Å². The van der Waals surface area contributed by atoms with E-state index in [9.17, 15) is 23.6 Å². The number of carbonyl (C=O) groups excluding carboxylic acids is 4. The number of nitrogens with zero attached hydrogens (tertiary/aromatic N) is 2. The number of aromatic amines is 1. The van der Waals surface area contributed by atoms with Crippen molar-refractivity contribution >= 4 is 56.6 Å². The van der Waals surface area contributed by atoms with Gasteiger partial charge in [0, 0.05) is 5.56 Å². The molecule has 0 spiro atoms. The molecule has 39 heavy (non-hydrogen) atoms. The summed E-state index contributed by atoms with van der Waals surface area (Å²) >= 11 is 1.09. The summed E-state index contributed by atoms with van der Waals surface area (Å²) in [6.07, 6.45) is 0. The van der Waals surface area contributed by atoms with Gasteiger partial charge in [-0.1, -0.05) is 30.3 Å². The number of thiophene rings is 1. The average molecular weight is 547 g/mol. The second kappa shape index (κ2) is 10.8. The molecule has 0 aliphatic carbocycles. The number of carbonyl (C=O) groups is 4. The Morgan fingerprint density at radius 1 is 1.05 bits per heavy atom. The SMILES string of the molecule is CC(=O)C(C#N)C(=O)Nc1ccccc1C(=O)Nc1[nH]nc2sc(C(=O)NC(C)(C)c3ccccc3F)cc12. The fraction of sp³-hybridized carbons (Fsp3) is 0.185. The molecule has 3 amide bonds. The van der Waals surface area contributed by atoms with Gasteiger partial charge in [-0.15, -0.1) is 11.3 Å². The van der Waals surface area contributed by atoms with Crippen LogP contribution in [0.5, 0.6) is 0 Å². The van der Waals surface area contributed by atoms with Crippen LogP contribution in [0, 0.1) is 23.1 Å². The quantitative estimate of drug-likeness (QED) is 0.241. The molecule has 4 aromatic rings. The largest absolute Gasteiger partial charge is 0.342 e. The van der Waals surface area contributed by atoms with Crippen LogP contribution in [-0.2, 0) is 15.1 Å². The molecule has 10 nitrogen and oxygen atoms in total. The van der Waals surface area contributed by atoms with Crippen molar-refractivity contribution in [3.8, 4) is 6.07 Å². The van der Waals surface area contributed by atoms with Crippen LogP contribution in [0.4, 0.5) is 15.9 Å². The number of hydrogen-bond acceptors (Lipinski definition) is 7. The second-order valence-electron chi connectivity index (χ2n) is 9.15. The van der Waals surface area contributed by atoms with Crippen molar-refractivity contribution in [1.29, 1.82) is 5.26 Å². The van der Waals surface area contributed by atoms with Gasteiger partial charge >= 0.3 is 0 Å². The summed E-state index contributed by atoms with van der Waals surface area (Å²) in [6, 6.07) is 15.5. The van der Waals surface area contributed by atoms with Crippen LogP contribution in [0.3, 0.4) is 0 Å². The number of para-hydroxylation sites is 1. The zero-order chi connectivity index (χ0) is 28.3. The van der Waals surface area contributed by atoms with E-state index in [2.05, 4.69) is 26.1 Å². The summed E-state index contributed by atoms with van der Waals surface area (Å²) in [6.45, 7) is 4.52. The van der Waals surface area contributed by atoms with Crippen molar-refractivity contribution in [3.63, 3.8) is 0 Å². The highest BCUT2D eigenvalue weighted by Gasteiger charge is 2.28. The zero-order valence-electron chi connectivity index (χ0n) is 21.1. The highest BCUT2D eigenvalue weighted by atomic mass is 32.1. The molecule has 1 atom stereocenters. The highest BCUT2D eigenvalue weighted by Crippen LogP contribution is 2.31. The monoisotopic (exact) mass is 546 g/mol. The number of nitrogens with one attached hydrogen (secondary N) is 4. The first-order chi connectivity index (χ1) is 18.5. The number of H-pyrrole nitrogens is 1. The molecule has 0 fully saturated rings. The van der Waals surface area contributed by atoms with Crippen molar-refractivity contribution in [3.05, 3.63) is 76.4 Å². The van der Waals surface area contributed by atoms with Crippen LogP contribution in [0.2, 0.25) is 0 Å². The van der Waals surface area contributed by atoms with Crippen molar-refractivity contribution < 1.29 is 23.6 Å². The Hall–Kier alpha value is -4.89. The van der Waals surface area contributed by atoms with Crippen LogP contribution in [0.15, 0.2) is 54.6 Å². The molecule has 2 aromatic heterocycles. The van der Waals surface area contributed by atoms with E-state index in [1.807, 2.05) is 0 Å². The number of benzene rings is 2. The smallest absolute Gasteiger partial charge is 0.262 e. The fourth-order valence-corrected chi connectivity index (χ4v) is 4.80. The van der Waals surface area contributed by atoms with Crippen LogP contribution in [0.25, 0.3) is 10.2 Å². The summed E-state index contributed by atoms with van der Waals surface area (Å²) in [7, 11) is 0. The van der Waals surface area contributed by atoms with Crippen molar-refractivity contribution in [2.24, 2.45) is 5.92 Å². The molecule has 2 heterocycles. The molecule has 0 aliphatic heterocycles. The minimum absolute atomic E-state index is 0.0775. The van der Waals surface area contributed by atoms with Gasteiger partial charge in [-0.05, 0) is 45.0 Å². The summed E-state index contributed by atoms with van der Waals surface area (Å²) in [5, 5.41) is 24.4. The van der Waals surface area contributed by atoms with Gasteiger partial charge in [0.2, 0.25) is 5.91 Å². The Morgan fingerprint density at radius 3 is 2.44 bits per heavy atom. The molecule has 0 radical (unpaired) electrons. The van der Waals surface area contributed by atoms with Crippen molar-refractivity contribution in [1.82, 2.24) is 15.5 Å².